The summed E-state index contributed by atoms with van der Waals surface area (Å²) in [7, 11) is 3.50. The van der Waals surface area contributed by atoms with Gasteiger partial charge in [0, 0.05) is 13.6 Å². The third-order valence-electron chi connectivity index (χ3n) is 2.28. The van der Waals surface area contributed by atoms with Crippen molar-refractivity contribution in [2.75, 3.05) is 33.7 Å². The molecule has 1 rings (SSSR count). The van der Waals surface area contributed by atoms with E-state index in [2.05, 4.69) is 5.32 Å². The van der Waals surface area contributed by atoms with Crippen LogP contribution in [-0.2, 0) is 4.79 Å². The highest BCUT2D eigenvalue weighted by atomic mass is 16.2. The smallest absolute Gasteiger partial charge is 0.319 e. The molecule has 1 N–H and O–H groups in total. The van der Waals surface area contributed by atoms with Crippen molar-refractivity contribution in [3.63, 3.8) is 0 Å². The van der Waals surface area contributed by atoms with Crippen LogP contribution in [0.1, 0.15) is 6.92 Å². The van der Waals surface area contributed by atoms with Gasteiger partial charge in [-0.05, 0) is 19.5 Å². The van der Waals surface area contributed by atoms with Gasteiger partial charge in [0.1, 0.15) is 6.54 Å². The molecule has 0 aliphatic carbocycles. The van der Waals surface area contributed by atoms with Crippen molar-refractivity contribution < 1.29 is 9.59 Å². The van der Waals surface area contributed by atoms with Gasteiger partial charge in [-0.1, -0.05) is 6.92 Å². The Morgan fingerprint density at radius 3 is 2.57 bits per heavy atom. The second-order valence-electron chi connectivity index (χ2n) is 3.81. The Kier molecular flexibility index (Phi) is 3.46. The highest BCUT2D eigenvalue weighted by molar-refractivity contribution is 6.01. The number of carbonyl (C=O) groups excluding carboxylic acids is 2. The van der Waals surface area contributed by atoms with Gasteiger partial charge in [0.05, 0.1) is 0 Å². The highest BCUT2D eigenvalue weighted by Crippen LogP contribution is 2.10. The molecule has 1 aliphatic rings. The quantitative estimate of drug-likeness (QED) is 0.634. The second kappa shape index (κ2) is 4.41. The van der Waals surface area contributed by atoms with Crippen LogP contribution in [0.5, 0.6) is 0 Å². The summed E-state index contributed by atoms with van der Waals surface area (Å²) in [5.41, 5.74) is 0. The Hall–Kier alpha value is -1.10. The van der Waals surface area contributed by atoms with Crippen LogP contribution in [0.4, 0.5) is 4.79 Å². The molecule has 1 saturated heterocycles. The summed E-state index contributed by atoms with van der Waals surface area (Å²) in [6.07, 6.45) is 0. The van der Waals surface area contributed by atoms with Gasteiger partial charge in [-0.2, -0.15) is 0 Å². The molecule has 0 spiro atoms. The maximum Gasteiger partial charge on any atom is 0.326 e. The van der Waals surface area contributed by atoms with Crippen LogP contribution >= 0.6 is 0 Å². The molecular weight excluding hydrogens is 182 g/mol. The molecular formula is C9H17N3O2. The highest BCUT2D eigenvalue weighted by Gasteiger charge is 2.33. The molecule has 1 fully saturated rings. The molecule has 80 valence electrons. The second-order valence-corrected chi connectivity index (χ2v) is 3.81. The molecule has 1 unspecified atom stereocenters. The molecule has 0 aromatic heterocycles. The average molecular weight is 199 g/mol. The number of hydrogen-bond acceptors (Lipinski definition) is 3. The van der Waals surface area contributed by atoms with E-state index in [1.165, 1.54) is 9.80 Å². The third kappa shape index (κ3) is 2.23. The number of hydrogen-bond donors (Lipinski definition) is 1. The van der Waals surface area contributed by atoms with Crippen LogP contribution in [0.2, 0.25) is 0 Å². The number of imide groups is 1. The molecule has 0 aromatic rings. The number of rotatable bonds is 4. The van der Waals surface area contributed by atoms with Gasteiger partial charge in [0.25, 0.3) is 0 Å². The van der Waals surface area contributed by atoms with Gasteiger partial charge < -0.3 is 10.2 Å². The predicted molar refractivity (Wildman–Crippen MR) is 52.8 cm³/mol. The Balaban J connectivity index is 2.51. The first-order valence-electron chi connectivity index (χ1n) is 4.76. The summed E-state index contributed by atoms with van der Waals surface area (Å²) in [6, 6.07) is -0.182. The number of likely N-dealkylation sites (N-methyl/N-ethyl adjacent to an activating group) is 1. The van der Waals surface area contributed by atoms with E-state index in [1.807, 2.05) is 14.0 Å². The lowest BCUT2D eigenvalue weighted by atomic mass is 10.1. The fraction of sp³-hybridized carbons (Fsp3) is 0.778. The van der Waals surface area contributed by atoms with E-state index in [4.69, 9.17) is 0 Å². The molecule has 5 heteroatoms. The fourth-order valence-electron chi connectivity index (χ4n) is 1.57. The fourth-order valence-corrected chi connectivity index (χ4v) is 1.57. The van der Waals surface area contributed by atoms with Crippen LogP contribution in [0.25, 0.3) is 0 Å². The Bertz CT molecular complexity index is 242. The zero-order valence-corrected chi connectivity index (χ0v) is 8.91. The van der Waals surface area contributed by atoms with Crippen molar-refractivity contribution in [1.29, 1.82) is 0 Å². The lowest BCUT2D eigenvalue weighted by Gasteiger charge is -2.18. The van der Waals surface area contributed by atoms with E-state index in [9.17, 15) is 9.59 Å². The summed E-state index contributed by atoms with van der Waals surface area (Å²) < 4.78 is 0. The third-order valence-corrected chi connectivity index (χ3v) is 2.28. The lowest BCUT2D eigenvalue weighted by Crippen LogP contribution is -2.37. The summed E-state index contributed by atoms with van der Waals surface area (Å²) in [6.45, 7) is 3.53. The Morgan fingerprint density at radius 2 is 2.14 bits per heavy atom. The first kappa shape index (κ1) is 11.0. The van der Waals surface area contributed by atoms with Crippen molar-refractivity contribution in [2.45, 2.75) is 6.92 Å². The summed E-state index contributed by atoms with van der Waals surface area (Å²) in [5.74, 6) is 0.194. The van der Waals surface area contributed by atoms with Crippen LogP contribution in [0, 0.1) is 5.92 Å². The largest absolute Gasteiger partial charge is 0.326 e. The molecule has 3 amide bonds. The van der Waals surface area contributed by atoms with E-state index in [-0.39, 0.29) is 18.5 Å². The van der Waals surface area contributed by atoms with E-state index >= 15 is 0 Å². The molecule has 14 heavy (non-hydrogen) atoms. The normalized spacial score (nSPS) is 19.4. The first-order valence-corrected chi connectivity index (χ1v) is 4.76. The molecule has 1 heterocycles. The molecule has 0 saturated carbocycles. The van der Waals surface area contributed by atoms with Crippen LogP contribution < -0.4 is 5.32 Å². The number of urea groups is 1. The molecule has 1 atom stereocenters. The topological polar surface area (TPSA) is 52.7 Å². The number of nitrogens with one attached hydrogen (secondary N) is 1. The Morgan fingerprint density at radius 1 is 1.50 bits per heavy atom. The van der Waals surface area contributed by atoms with Gasteiger partial charge in [-0.15, -0.1) is 0 Å². The van der Waals surface area contributed by atoms with Crippen molar-refractivity contribution in [2.24, 2.45) is 5.92 Å². The van der Waals surface area contributed by atoms with Gasteiger partial charge in [0.2, 0.25) is 5.91 Å². The van der Waals surface area contributed by atoms with E-state index < -0.39 is 0 Å². The standard InChI is InChI=1S/C9H17N3O2/c1-7(4-10-2)5-12-8(13)6-11(3)9(12)14/h7,10H,4-6H2,1-3H3. The average Bonchev–Trinajstić information content (AvgIpc) is 2.33. The molecule has 0 aromatic carbocycles. The summed E-state index contributed by atoms with van der Waals surface area (Å²) in [5, 5.41) is 3.02. The van der Waals surface area contributed by atoms with Crippen molar-refractivity contribution in [1.82, 2.24) is 15.1 Å². The molecule has 0 radical (unpaired) electrons. The summed E-state index contributed by atoms with van der Waals surface area (Å²) in [4.78, 5) is 25.6. The van der Waals surface area contributed by atoms with Gasteiger partial charge in [-0.3, -0.25) is 9.69 Å². The minimum Gasteiger partial charge on any atom is -0.319 e. The Labute approximate surface area is 84.0 Å². The molecule has 0 bridgehead atoms. The summed E-state index contributed by atoms with van der Waals surface area (Å²) >= 11 is 0. The monoisotopic (exact) mass is 199 g/mol. The van der Waals surface area contributed by atoms with Crippen LogP contribution in [0.15, 0.2) is 0 Å². The first-order chi connectivity index (χ1) is 6.56. The van der Waals surface area contributed by atoms with E-state index in [0.717, 1.165) is 6.54 Å². The van der Waals surface area contributed by atoms with E-state index in [1.54, 1.807) is 7.05 Å². The SMILES string of the molecule is CNCC(C)CN1C(=O)CN(C)C1=O. The molecule has 5 nitrogen and oxygen atoms in total. The van der Waals surface area contributed by atoms with Gasteiger partial charge >= 0.3 is 6.03 Å². The van der Waals surface area contributed by atoms with Gasteiger partial charge in [-0.25, -0.2) is 4.79 Å². The number of carbonyl (C=O) groups is 2. The minimum atomic E-state index is -0.182. The zero-order chi connectivity index (χ0) is 10.7. The van der Waals surface area contributed by atoms with E-state index in [0.29, 0.717) is 12.5 Å². The maximum atomic E-state index is 11.5. The van der Waals surface area contributed by atoms with Crippen LogP contribution in [-0.4, -0.2) is 55.5 Å². The van der Waals surface area contributed by atoms with Crippen molar-refractivity contribution >= 4 is 11.9 Å². The number of amides is 3. The number of nitrogens with zero attached hydrogens (tertiary/aromatic N) is 2. The zero-order valence-electron chi connectivity index (χ0n) is 8.91. The lowest BCUT2D eigenvalue weighted by molar-refractivity contribution is -0.125. The minimum absolute atomic E-state index is 0.0968. The van der Waals surface area contributed by atoms with Crippen molar-refractivity contribution in [3.05, 3.63) is 0 Å². The predicted octanol–water partition coefficient (Wildman–Crippen LogP) is -0.264. The van der Waals surface area contributed by atoms with Crippen LogP contribution in [0.3, 0.4) is 0 Å². The molecule has 1 aliphatic heterocycles. The van der Waals surface area contributed by atoms with Crippen molar-refractivity contribution in [3.8, 4) is 0 Å². The maximum absolute atomic E-state index is 11.5. The van der Waals surface area contributed by atoms with Gasteiger partial charge in [0.15, 0.2) is 0 Å².